The van der Waals surface area contributed by atoms with E-state index < -0.39 is 0 Å². The molecular formula is C7H8FNO. The van der Waals surface area contributed by atoms with Crippen LogP contribution in [0.1, 0.15) is 5.56 Å². The molecule has 0 atom stereocenters. The first kappa shape index (κ1) is 7.15. The average molecular weight is 141 g/mol. The first-order chi connectivity index (χ1) is 4.84. The van der Waals surface area contributed by atoms with Crippen LogP contribution in [0.15, 0.2) is 18.5 Å². The Morgan fingerprint density at radius 2 is 2.50 bits per heavy atom. The number of methoxy groups -OCH3 is 1. The van der Waals surface area contributed by atoms with E-state index in [9.17, 15) is 4.39 Å². The van der Waals surface area contributed by atoms with Crippen molar-refractivity contribution >= 4 is 0 Å². The lowest BCUT2D eigenvalue weighted by molar-refractivity contribution is 0.181. The fraction of sp³-hybridized carbons (Fsp3) is 0.286. The lowest BCUT2D eigenvalue weighted by Crippen LogP contribution is -1.92. The second-order valence-electron chi connectivity index (χ2n) is 1.90. The quantitative estimate of drug-likeness (QED) is 0.620. The van der Waals surface area contributed by atoms with Gasteiger partial charge < -0.3 is 4.74 Å². The zero-order chi connectivity index (χ0) is 7.40. The van der Waals surface area contributed by atoms with Crippen LogP contribution in [0, 0.1) is 5.82 Å². The molecule has 10 heavy (non-hydrogen) atoms. The van der Waals surface area contributed by atoms with E-state index in [0.717, 1.165) is 0 Å². The summed E-state index contributed by atoms with van der Waals surface area (Å²) < 4.78 is 17.4. The van der Waals surface area contributed by atoms with Crippen molar-refractivity contribution in [3.63, 3.8) is 0 Å². The molecule has 0 saturated heterocycles. The summed E-state index contributed by atoms with van der Waals surface area (Å²) >= 11 is 0. The van der Waals surface area contributed by atoms with Crippen molar-refractivity contribution in [2.24, 2.45) is 0 Å². The molecule has 3 heteroatoms. The second-order valence-corrected chi connectivity index (χ2v) is 1.90. The third kappa shape index (κ3) is 1.51. The van der Waals surface area contributed by atoms with Crippen LogP contribution in [0.25, 0.3) is 0 Å². The first-order valence-corrected chi connectivity index (χ1v) is 2.92. The number of pyridine rings is 1. The molecule has 1 aromatic heterocycles. The number of halogens is 1. The van der Waals surface area contributed by atoms with Gasteiger partial charge in [-0.05, 0) is 6.07 Å². The molecule has 1 aromatic rings. The summed E-state index contributed by atoms with van der Waals surface area (Å²) in [6.07, 6.45) is 2.71. The van der Waals surface area contributed by atoms with E-state index in [1.807, 2.05) is 0 Å². The smallest absolute Gasteiger partial charge is 0.146 e. The van der Waals surface area contributed by atoms with E-state index in [0.29, 0.717) is 12.2 Å². The molecule has 0 N–H and O–H groups in total. The normalized spacial score (nSPS) is 9.80. The van der Waals surface area contributed by atoms with Gasteiger partial charge in [0.05, 0.1) is 12.8 Å². The summed E-state index contributed by atoms with van der Waals surface area (Å²) in [5.41, 5.74) is 0.539. The van der Waals surface area contributed by atoms with Gasteiger partial charge in [0.2, 0.25) is 0 Å². The van der Waals surface area contributed by atoms with Crippen LogP contribution in [-0.4, -0.2) is 12.1 Å². The summed E-state index contributed by atoms with van der Waals surface area (Å²) in [4.78, 5) is 3.60. The minimum atomic E-state index is -0.315. The Kier molecular flexibility index (Phi) is 2.34. The Bertz CT molecular complexity index is 215. The van der Waals surface area contributed by atoms with E-state index in [4.69, 9.17) is 4.74 Å². The molecular weight excluding hydrogens is 133 g/mol. The minimum Gasteiger partial charge on any atom is -0.380 e. The van der Waals surface area contributed by atoms with Crippen molar-refractivity contribution in [1.82, 2.24) is 4.98 Å². The summed E-state index contributed by atoms with van der Waals surface area (Å²) in [7, 11) is 1.53. The topological polar surface area (TPSA) is 22.1 Å². The Morgan fingerprint density at radius 1 is 1.70 bits per heavy atom. The van der Waals surface area contributed by atoms with Crippen molar-refractivity contribution in [2.75, 3.05) is 7.11 Å². The molecule has 0 unspecified atom stereocenters. The van der Waals surface area contributed by atoms with Crippen LogP contribution >= 0.6 is 0 Å². The van der Waals surface area contributed by atoms with E-state index >= 15 is 0 Å². The number of hydrogen-bond donors (Lipinski definition) is 0. The van der Waals surface area contributed by atoms with Gasteiger partial charge in [0.15, 0.2) is 0 Å². The molecule has 0 radical (unpaired) electrons. The van der Waals surface area contributed by atoms with Crippen LogP contribution in [-0.2, 0) is 11.3 Å². The van der Waals surface area contributed by atoms with Crippen LogP contribution in [0.3, 0.4) is 0 Å². The maximum atomic E-state index is 12.6. The molecule has 0 spiro atoms. The highest BCUT2D eigenvalue weighted by Gasteiger charge is 1.97. The van der Waals surface area contributed by atoms with Gasteiger partial charge in [-0.2, -0.15) is 0 Å². The molecule has 1 rings (SSSR count). The lowest BCUT2D eigenvalue weighted by atomic mass is 10.3. The number of ether oxygens (including phenoxy) is 1. The lowest BCUT2D eigenvalue weighted by Gasteiger charge is -1.98. The van der Waals surface area contributed by atoms with Crippen molar-refractivity contribution in [1.29, 1.82) is 0 Å². The van der Waals surface area contributed by atoms with Gasteiger partial charge in [0, 0.05) is 18.9 Å². The fourth-order valence-electron chi connectivity index (χ4n) is 0.677. The number of hydrogen-bond acceptors (Lipinski definition) is 2. The van der Waals surface area contributed by atoms with Gasteiger partial charge in [0.25, 0.3) is 0 Å². The third-order valence-corrected chi connectivity index (χ3v) is 1.16. The minimum absolute atomic E-state index is 0.300. The van der Waals surface area contributed by atoms with Crippen molar-refractivity contribution in [2.45, 2.75) is 6.61 Å². The third-order valence-electron chi connectivity index (χ3n) is 1.16. The molecule has 0 aliphatic rings. The zero-order valence-electron chi connectivity index (χ0n) is 5.67. The fourth-order valence-corrected chi connectivity index (χ4v) is 0.677. The molecule has 0 aromatic carbocycles. The summed E-state index contributed by atoms with van der Waals surface area (Å²) in [5, 5.41) is 0. The maximum absolute atomic E-state index is 12.6. The Morgan fingerprint density at radius 3 is 3.10 bits per heavy atom. The molecule has 0 saturated carbocycles. The number of rotatable bonds is 2. The van der Waals surface area contributed by atoms with E-state index in [1.165, 1.54) is 19.5 Å². The SMILES string of the molecule is COCc1ccncc1F. The van der Waals surface area contributed by atoms with Crippen LogP contribution in [0.4, 0.5) is 4.39 Å². The predicted octanol–water partition coefficient (Wildman–Crippen LogP) is 1.37. The van der Waals surface area contributed by atoms with Gasteiger partial charge in [-0.1, -0.05) is 0 Å². The highest BCUT2D eigenvalue weighted by molar-refractivity contribution is 5.10. The highest BCUT2D eigenvalue weighted by Crippen LogP contribution is 2.04. The van der Waals surface area contributed by atoms with Crippen molar-refractivity contribution in [3.8, 4) is 0 Å². The summed E-state index contributed by atoms with van der Waals surface area (Å²) in [6.45, 7) is 0.300. The van der Waals surface area contributed by atoms with Crippen LogP contribution < -0.4 is 0 Å². The number of aromatic nitrogens is 1. The molecule has 0 bridgehead atoms. The van der Waals surface area contributed by atoms with E-state index in [2.05, 4.69) is 4.98 Å². The Hall–Kier alpha value is -0.960. The highest BCUT2D eigenvalue weighted by atomic mass is 19.1. The van der Waals surface area contributed by atoms with Gasteiger partial charge in [-0.15, -0.1) is 0 Å². The van der Waals surface area contributed by atoms with E-state index in [1.54, 1.807) is 6.07 Å². The zero-order valence-corrected chi connectivity index (χ0v) is 5.67. The molecule has 0 aliphatic carbocycles. The summed E-state index contributed by atoms with van der Waals surface area (Å²) in [6, 6.07) is 1.60. The van der Waals surface area contributed by atoms with Crippen LogP contribution in [0.5, 0.6) is 0 Å². The average Bonchev–Trinajstić information content (AvgIpc) is 1.94. The maximum Gasteiger partial charge on any atom is 0.146 e. The molecule has 0 aliphatic heterocycles. The van der Waals surface area contributed by atoms with Crippen molar-refractivity contribution < 1.29 is 9.13 Å². The van der Waals surface area contributed by atoms with Gasteiger partial charge in [-0.25, -0.2) is 4.39 Å². The van der Waals surface area contributed by atoms with Gasteiger partial charge in [0.1, 0.15) is 5.82 Å². The predicted molar refractivity (Wildman–Crippen MR) is 34.9 cm³/mol. The Balaban J connectivity index is 2.81. The standard InChI is InChI=1S/C7H8FNO/c1-10-5-6-2-3-9-4-7(6)8/h2-4H,5H2,1H3. The second kappa shape index (κ2) is 3.27. The molecule has 0 amide bonds. The molecule has 2 nitrogen and oxygen atoms in total. The summed E-state index contributed by atoms with van der Waals surface area (Å²) in [5.74, 6) is -0.315. The molecule has 0 fully saturated rings. The van der Waals surface area contributed by atoms with Gasteiger partial charge in [-0.3, -0.25) is 4.98 Å². The van der Waals surface area contributed by atoms with Gasteiger partial charge >= 0.3 is 0 Å². The van der Waals surface area contributed by atoms with E-state index in [-0.39, 0.29) is 5.82 Å². The monoisotopic (exact) mass is 141 g/mol. The number of nitrogens with zero attached hydrogens (tertiary/aromatic N) is 1. The van der Waals surface area contributed by atoms with Crippen molar-refractivity contribution in [3.05, 3.63) is 29.8 Å². The molecule has 54 valence electrons. The van der Waals surface area contributed by atoms with Crippen LogP contribution in [0.2, 0.25) is 0 Å². The first-order valence-electron chi connectivity index (χ1n) is 2.92. The largest absolute Gasteiger partial charge is 0.380 e. The molecule has 1 heterocycles. The Labute approximate surface area is 58.7 Å².